The minimum atomic E-state index is -4.85. The van der Waals surface area contributed by atoms with Gasteiger partial charge in [0.25, 0.3) is 0 Å². The van der Waals surface area contributed by atoms with E-state index in [1.807, 2.05) is 0 Å². The number of alkyl halides is 3. The van der Waals surface area contributed by atoms with Crippen LogP contribution in [0, 0.1) is 5.82 Å². The standard InChI is InChI=1S/C23H23F4N3O3S/c1-3-21(28)29-13-14(2)17-5-4-15(12-19(17)24)18-6-7-20(23(25,26)27)30-22(18)34(31,32)16-8-10-33-11-9-16/h3-7,12-13,16H,2,8-11,28H2,1H3/b21-3-,29-13?. The van der Waals surface area contributed by atoms with E-state index in [0.717, 1.165) is 12.1 Å². The topological polar surface area (TPSA) is 94.6 Å². The molecule has 0 aliphatic carbocycles. The Labute approximate surface area is 194 Å². The molecule has 34 heavy (non-hydrogen) atoms. The Hall–Kier alpha value is -3.05. The smallest absolute Gasteiger partial charge is 0.384 e. The summed E-state index contributed by atoms with van der Waals surface area (Å²) in [5.74, 6) is -0.556. The van der Waals surface area contributed by atoms with Gasteiger partial charge in [-0.1, -0.05) is 18.7 Å². The number of allylic oxidation sites excluding steroid dienone is 2. The van der Waals surface area contributed by atoms with Crippen LogP contribution < -0.4 is 5.73 Å². The molecule has 0 atom stereocenters. The maximum Gasteiger partial charge on any atom is 0.433 e. The molecule has 2 heterocycles. The lowest BCUT2D eigenvalue weighted by molar-refractivity contribution is -0.141. The third-order valence-corrected chi connectivity index (χ3v) is 7.52. The number of ether oxygens (including phenoxy) is 1. The van der Waals surface area contributed by atoms with Crippen molar-refractivity contribution in [2.75, 3.05) is 13.2 Å². The minimum absolute atomic E-state index is 0.0609. The first-order valence-corrected chi connectivity index (χ1v) is 11.8. The zero-order valence-corrected chi connectivity index (χ0v) is 19.1. The molecule has 3 rings (SSSR count). The Balaban J connectivity index is 2.09. The van der Waals surface area contributed by atoms with Crippen LogP contribution >= 0.6 is 0 Å². The number of halogens is 4. The molecule has 6 nitrogen and oxygen atoms in total. The number of pyridine rings is 1. The van der Waals surface area contributed by atoms with E-state index in [0.29, 0.717) is 6.07 Å². The largest absolute Gasteiger partial charge is 0.433 e. The first kappa shape index (κ1) is 25.6. The quantitative estimate of drug-likeness (QED) is 0.459. The second-order valence-electron chi connectivity index (χ2n) is 7.60. The van der Waals surface area contributed by atoms with E-state index >= 15 is 0 Å². The molecule has 2 aromatic rings. The zero-order valence-electron chi connectivity index (χ0n) is 18.3. The maximum atomic E-state index is 14.9. The molecule has 1 saturated heterocycles. The zero-order chi connectivity index (χ0) is 25.1. The highest BCUT2D eigenvalue weighted by Crippen LogP contribution is 2.36. The van der Waals surface area contributed by atoms with E-state index in [9.17, 15) is 26.0 Å². The van der Waals surface area contributed by atoms with Gasteiger partial charge in [0.15, 0.2) is 14.9 Å². The number of hydrogen-bond donors (Lipinski definition) is 1. The van der Waals surface area contributed by atoms with E-state index in [1.54, 1.807) is 13.0 Å². The van der Waals surface area contributed by atoms with Crippen molar-refractivity contribution in [3.8, 4) is 11.1 Å². The van der Waals surface area contributed by atoms with Crippen molar-refractivity contribution >= 4 is 21.6 Å². The lowest BCUT2D eigenvalue weighted by atomic mass is 10.0. The molecule has 1 fully saturated rings. The number of rotatable bonds is 6. The predicted molar refractivity (Wildman–Crippen MR) is 121 cm³/mol. The Morgan fingerprint density at radius 3 is 2.50 bits per heavy atom. The maximum absolute atomic E-state index is 14.9. The molecule has 182 valence electrons. The molecule has 1 aliphatic rings. The van der Waals surface area contributed by atoms with Crippen molar-refractivity contribution in [3.05, 3.63) is 65.9 Å². The fourth-order valence-corrected chi connectivity index (χ4v) is 5.27. The molecule has 0 radical (unpaired) electrons. The van der Waals surface area contributed by atoms with E-state index in [1.165, 1.54) is 18.3 Å². The van der Waals surface area contributed by atoms with E-state index < -0.39 is 37.8 Å². The van der Waals surface area contributed by atoms with E-state index in [2.05, 4.69) is 16.6 Å². The van der Waals surface area contributed by atoms with Gasteiger partial charge in [0.1, 0.15) is 17.3 Å². The van der Waals surface area contributed by atoms with Gasteiger partial charge in [0, 0.05) is 30.6 Å². The molecule has 2 N–H and O–H groups in total. The van der Waals surface area contributed by atoms with Gasteiger partial charge in [-0.3, -0.25) is 0 Å². The fourth-order valence-electron chi connectivity index (χ4n) is 3.42. The molecule has 1 aromatic carbocycles. The third-order valence-electron chi connectivity index (χ3n) is 5.32. The molecular formula is C23H23F4N3O3S. The van der Waals surface area contributed by atoms with Gasteiger partial charge >= 0.3 is 6.18 Å². The summed E-state index contributed by atoms with van der Waals surface area (Å²) in [6.07, 6.45) is -1.78. The van der Waals surface area contributed by atoms with Gasteiger partial charge in [-0.15, -0.1) is 0 Å². The summed E-state index contributed by atoms with van der Waals surface area (Å²) in [5.41, 5.74) is 4.45. The lowest BCUT2D eigenvalue weighted by Crippen LogP contribution is -2.30. The van der Waals surface area contributed by atoms with Crippen LogP contribution in [0.5, 0.6) is 0 Å². The number of aliphatic imine (C=N–C) groups is 1. The monoisotopic (exact) mass is 497 g/mol. The summed E-state index contributed by atoms with van der Waals surface area (Å²) in [5, 5.41) is -1.68. The Morgan fingerprint density at radius 2 is 1.91 bits per heavy atom. The van der Waals surface area contributed by atoms with Gasteiger partial charge in [-0.2, -0.15) is 13.2 Å². The van der Waals surface area contributed by atoms with Crippen LogP contribution in [0.3, 0.4) is 0 Å². The van der Waals surface area contributed by atoms with Crippen LogP contribution in [-0.2, 0) is 20.8 Å². The summed E-state index contributed by atoms with van der Waals surface area (Å²) in [6.45, 7) is 5.75. The molecule has 0 spiro atoms. The van der Waals surface area contributed by atoms with Crippen LogP contribution in [0.1, 0.15) is 31.0 Å². The summed E-state index contributed by atoms with van der Waals surface area (Å²) in [6, 6.07) is 5.44. The van der Waals surface area contributed by atoms with Crippen LogP contribution in [-0.4, -0.2) is 38.1 Å². The van der Waals surface area contributed by atoms with Crippen molar-refractivity contribution in [3.63, 3.8) is 0 Å². The van der Waals surface area contributed by atoms with Gasteiger partial charge in [-0.05, 0) is 55.2 Å². The number of hydrogen-bond acceptors (Lipinski definition) is 6. The minimum Gasteiger partial charge on any atom is -0.384 e. The second kappa shape index (κ2) is 10.1. The first-order valence-electron chi connectivity index (χ1n) is 10.3. The average Bonchev–Trinajstić information content (AvgIpc) is 2.81. The molecule has 0 amide bonds. The number of nitrogens with zero attached hydrogens (tertiary/aromatic N) is 2. The number of aromatic nitrogens is 1. The number of sulfone groups is 1. The van der Waals surface area contributed by atoms with Crippen molar-refractivity contribution < 1.29 is 30.7 Å². The summed E-state index contributed by atoms with van der Waals surface area (Å²) in [7, 11) is -4.26. The fraction of sp³-hybridized carbons (Fsp3) is 0.304. The van der Waals surface area contributed by atoms with E-state index in [4.69, 9.17) is 10.5 Å². The molecule has 1 aromatic heterocycles. The van der Waals surface area contributed by atoms with Crippen LogP contribution in [0.4, 0.5) is 17.6 Å². The molecule has 1 aliphatic heterocycles. The Bertz CT molecular complexity index is 1250. The average molecular weight is 498 g/mol. The number of benzene rings is 1. The lowest BCUT2D eigenvalue weighted by Gasteiger charge is -2.23. The van der Waals surface area contributed by atoms with Gasteiger partial charge in [-0.25, -0.2) is 22.8 Å². The third kappa shape index (κ3) is 5.53. The summed E-state index contributed by atoms with van der Waals surface area (Å²) < 4.78 is 86.6. The molecule has 0 saturated carbocycles. The number of nitrogens with two attached hydrogens (primary N) is 1. The Morgan fingerprint density at radius 1 is 1.24 bits per heavy atom. The SMILES string of the molecule is C=C(C=N/C(N)=C\C)c1ccc(-c2ccc(C(F)(F)F)nc2S(=O)(=O)C2CCOCC2)cc1F. The van der Waals surface area contributed by atoms with Crippen molar-refractivity contribution in [1.82, 2.24) is 4.98 Å². The summed E-state index contributed by atoms with van der Waals surface area (Å²) in [4.78, 5) is 7.39. The second-order valence-corrected chi connectivity index (χ2v) is 9.74. The van der Waals surface area contributed by atoms with Crippen LogP contribution in [0.2, 0.25) is 0 Å². The van der Waals surface area contributed by atoms with Crippen molar-refractivity contribution in [1.29, 1.82) is 0 Å². The van der Waals surface area contributed by atoms with Crippen LogP contribution in [0.25, 0.3) is 16.7 Å². The normalized spacial score (nSPS) is 16.2. The molecule has 11 heteroatoms. The van der Waals surface area contributed by atoms with Gasteiger partial charge in [0.2, 0.25) is 0 Å². The molecule has 0 bridgehead atoms. The molecule has 0 unspecified atom stereocenters. The predicted octanol–water partition coefficient (Wildman–Crippen LogP) is 4.76. The first-order chi connectivity index (χ1) is 15.9. The van der Waals surface area contributed by atoms with Crippen LogP contribution in [0.15, 0.2) is 58.8 Å². The van der Waals surface area contributed by atoms with Crippen molar-refractivity contribution in [2.24, 2.45) is 10.7 Å². The molecular weight excluding hydrogens is 474 g/mol. The van der Waals surface area contributed by atoms with Crippen molar-refractivity contribution in [2.45, 2.75) is 36.2 Å². The van der Waals surface area contributed by atoms with Gasteiger partial charge < -0.3 is 10.5 Å². The highest BCUT2D eigenvalue weighted by Gasteiger charge is 2.38. The Kier molecular flexibility index (Phi) is 7.57. The highest BCUT2D eigenvalue weighted by atomic mass is 32.2. The van der Waals surface area contributed by atoms with Gasteiger partial charge in [0.05, 0.1) is 5.25 Å². The highest BCUT2D eigenvalue weighted by molar-refractivity contribution is 7.92. The van der Waals surface area contributed by atoms with E-state index in [-0.39, 0.29) is 54.1 Å². The summed E-state index contributed by atoms with van der Waals surface area (Å²) >= 11 is 0.